The van der Waals surface area contributed by atoms with Crippen LogP contribution in [-0.4, -0.2) is 10.2 Å². The Morgan fingerprint density at radius 1 is 0.722 bits per heavy atom. The first-order chi connectivity index (χ1) is 8.56. The molecule has 94 valence electrons. The molecule has 0 radical (unpaired) electrons. The number of halogens is 2. The SMILES string of the molecule is Oc1cc(Cl)ccc1SSc1ccc(Cl)cc1O. The molecule has 2 aromatic rings. The van der Waals surface area contributed by atoms with Gasteiger partial charge in [0.15, 0.2) is 0 Å². The Morgan fingerprint density at radius 3 is 1.44 bits per heavy atom. The number of benzene rings is 2. The summed E-state index contributed by atoms with van der Waals surface area (Å²) < 4.78 is 0. The van der Waals surface area contributed by atoms with E-state index in [1.54, 1.807) is 24.3 Å². The maximum atomic E-state index is 9.68. The van der Waals surface area contributed by atoms with Gasteiger partial charge in [-0.15, -0.1) is 0 Å². The predicted octanol–water partition coefficient (Wildman–Crippen LogP) is 5.20. The number of phenolic OH excluding ortho intramolecular Hbond substituents is 2. The molecule has 0 fully saturated rings. The van der Waals surface area contributed by atoms with Crippen molar-refractivity contribution in [3.05, 3.63) is 46.4 Å². The lowest BCUT2D eigenvalue weighted by Crippen LogP contribution is -1.74. The van der Waals surface area contributed by atoms with E-state index in [1.165, 1.54) is 33.7 Å². The molecule has 6 heteroatoms. The van der Waals surface area contributed by atoms with Gasteiger partial charge in [0.1, 0.15) is 11.5 Å². The van der Waals surface area contributed by atoms with Crippen molar-refractivity contribution in [3.8, 4) is 11.5 Å². The van der Waals surface area contributed by atoms with E-state index in [1.807, 2.05) is 0 Å². The first-order valence-electron chi connectivity index (χ1n) is 4.88. The number of hydrogen-bond donors (Lipinski definition) is 2. The van der Waals surface area contributed by atoms with Crippen molar-refractivity contribution >= 4 is 44.8 Å². The average molecular weight is 319 g/mol. The molecule has 0 heterocycles. The van der Waals surface area contributed by atoms with Crippen molar-refractivity contribution in [2.45, 2.75) is 9.79 Å². The highest BCUT2D eigenvalue weighted by Gasteiger charge is 2.07. The minimum absolute atomic E-state index is 0.119. The number of phenols is 2. The number of hydrogen-bond acceptors (Lipinski definition) is 4. The molecule has 18 heavy (non-hydrogen) atoms. The van der Waals surface area contributed by atoms with Gasteiger partial charge in [-0.1, -0.05) is 23.2 Å². The summed E-state index contributed by atoms with van der Waals surface area (Å²) in [6.45, 7) is 0. The summed E-state index contributed by atoms with van der Waals surface area (Å²) in [6.07, 6.45) is 0. The average Bonchev–Trinajstić information content (AvgIpc) is 2.30. The third kappa shape index (κ3) is 3.42. The quantitative estimate of drug-likeness (QED) is 0.763. The van der Waals surface area contributed by atoms with Gasteiger partial charge >= 0.3 is 0 Å². The highest BCUT2D eigenvalue weighted by atomic mass is 35.5. The summed E-state index contributed by atoms with van der Waals surface area (Å²) in [5.74, 6) is 0.238. The molecule has 0 aliphatic heterocycles. The molecular formula is C12H8Cl2O2S2. The van der Waals surface area contributed by atoms with Crippen molar-refractivity contribution in [2.75, 3.05) is 0 Å². The molecule has 0 saturated heterocycles. The minimum atomic E-state index is 0.119. The topological polar surface area (TPSA) is 40.5 Å². The van der Waals surface area contributed by atoms with Crippen LogP contribution >= 0.6 is 44.8 Å². The third-order valence-electron chi connectivity index (χ3n) is 2.06. The Balaban J connectivity index is 2.11. The first kappa shape index (κ1) is 13.7. The zero-order valence-corrected chi connectivity index (χ0v) is 12.1. The second-order valence-electron chi connectivity index (χ2n) is 3.39. The molecule has 0 aliphatic rings. The molecule has 2 N–H and O–H groups in total. The first-order valence-corrected chi connectivity index (χ1v) is 7.78. The number of rotatable bonds is 3. The van der Waals surface area contributed by atoms with E-state index in [0.717, 1.165) is 0 Å². The Hall–Kier alpha value is -0.680. The lowest BCUT2D eigenvalue weighted by Gasteiger charge is -2.06. The summed E-state index contributed by atoms with van der Waals surface area (Å²) in [7, 11) is 2.67. The Kier molecular flexibility index (Phi) is 4.56. The molecular weight excluding hydrogens is 311 g/mol. The molecule has 0 spiro atoms. The van der Waals surface area contributed by atoms with Gasteiger partial charge < -0.3 is 10.2 Å². The molecule has 0 bridgehead atoms. The smallest absolute Gasteiger partial charge is 0.131 e. The molecule has 2 rings (SSSR count). The largest absolute Gasteiger partial charge is 0.507 e. The molecule has 0 atom stereocenters. The monoisotopic (exact) mass is 318 g/mol. The van der Waals surface area contributed by atoms with Gasteiger partial charge in [-0.05, 0) is 58.0 Å². The van der Waals surface area contributed by atoms with Crippen LogP contribution in [0.3, 0.4) is 0 Å². The second kappa shape index (κ2) is 5.97. The van der Waals surface area contributed by atoms with Gasteiger partial charge in [0.2, 0.25) is 0 Å². The standard InChI is InChI=1S/C12H8Cl2O2S2/c13-7-1-3-11(9(15)5-7)17-18-12-4-2-8(14)6-10(12)16/h1-6,15-16H. The zero-order valence-electron chi connectivity index (χ0n) is 8.93. The summed E-state index contributed by atoms with van der Waals surface area (Å²) in [5, 5.41) is 20.3. The lowest BCUT2D eigenvalue weighted by atomic mass is 10.3. The van der Waals surface area contributed by atoms with E-state index in [-0.39, 0.29) is 11.5 Å². The lowest BCUT2D eigenvalue weighted by molar-refractivity contribution is 0.461. The summed E-state index contributed by atoms with van der Waals surface area (Å²) in [4.78, 5) is 1.36. The van der Waals surface area contributed by atoms with Crippen LogP contribution in [0.15, 0.2) is 46.2 Å². The van der Waals surface area contributed by atoms with E-state index in [9.17, 15) is 10.2 Å². The normalized spacial score (nSPS) is 10.6. The Labute approximate surface area is 122 Å². The second-order valence-corrected chi connectivity index (χ2v) is 6.48. The van der Waals surface area contributed by atoms with Crippen molar-refractivity contribution in [2.24, 2.45) is 0 Å². The van der Waals surface area contributed by atoms with E-state index in [0.29, 0.717) is 19.8 Å². The summed E-state index contributed by atoms with van der Waals surface area (Å²) in [5.41, 5.74) is 0. The highest BCUT2D eigenvalue weighted by Crippen LogP contribution is 2.45. The fourth-order valence-electron chi connectivity index (χ4n) is 1.21. The maximum Gasteiger partial charge on any atom is 0.131 e. The van der Waals surface area contributed by atoms with Crippen molar-refractivity contribution in [1.29, 1.82) is 0 Å². The summed E-state index contributed by atoms with van der Waals surface area (Å²) >= 11 is 11.5. The molecule has 0 amide bonds. The van der Waals surface area contributed by atoms with E-state index < -0.39 is 0 Å². The van der Waals surface area contributed by atoms with Crippen molar-refractivity contribution < 1.29 is 10.2 Å². The Bertz CT molecular complexity index is 524. The van der Waals surface area contributed by atoms with Crippen LogP contribution in [0.4, 0.5) is 0 Å². The third-order valence-corrected chi connectivity index (χ3v) is 4.99. The molecule has 2 nitrogen and oxygen atoms in total. The fraction of sp³-hybridized carbons (Fsp3) is 0. The van der Waals surface area contributed by atoms with Gasteiger partial charge in [-0.25, -0.2) is 0 Å². The van der Waals surface area contributed by atoms with Crippen LogP contribution in [-0.2, 0) is 0 Å². The van der Waals surface area contributed by atoms with Crippen molar-refractivity contribution in [3.63, 3.8) is 0 Å². The van der Waals surface area contributed by atoms with Crippen LogP contribution in [0.25, 0.3) is 0 Å². The maximum absolute atomic E-state index is 9.68. The van der Waals surface area contributed by atoms with Gasteiger partial charge in [0, 0.05) is 10.0 Å². The van der Waals surface area contributed by atoms with Gasteiger partial charge in [0.05, 0.1) is 9.79 Å². The molecule has 0 saturated carbocycles. The van der Waals surface area contributed by atoms with E-state index >= 15 is 0 Å². The van der Waals surface area contributed by atoms with Crippen LogP contribution < -0.4 is 0 Å². The van der Waals surface area contributed by atoms with Gasteiger partial charge in [-0.3, -0.25) is 0 Å². The predicted molar refractivity (Wildman–Crippen MR) is 77.9 cm³/mol. The van der Waals surface area contributed by atoms with Crippen molar-refractivity contribution in [1.82, 2.24) is 0 Å². The van der Waals surface area contributed by atoms with E-state index in [2.05, 4.69) is 0 Å². The zero-order chi connectivity index (χ0) is 13.1. The minimum Gasteiger partial charge on any atom is -0.507 e. The molecule has 0 unspecified atom stereocenters. The molecule has 0 aliphatic carbocycles. The van der Waals surface area contributed by atoms with Crippen LogP contribution in [0.5, 0.6) is 11.5 Å². The van der Waals surface area contributed by atoms with Crippen LogP contribution in [0.2, 0.25) is 10.0 Å². The fourth-order valence-corrected chi connectivity index (χ4v) is 3.64. The van der Waals surface area contributed by atoms with Gasteiger partial charge in [0.25, 0.3) is 0 Å². The molecule has 2 aromatic carbocycles. The van der Waals surface area contributed by atoms with Crippen LogP contribution in [0, 0.1) is 0 Å². The number of aromatic hydroxyl groups is 2. The Morgan fingerprint density at radius 2 is 1.11 bits per heavy atom. The van der Waals surface area contributed by atoms with Gasteiger partial charge in [-0.2, -0.15) is 0 Å². The van der Waals surface area contributed by atoms with Crippen LogP contribution in [0.1, 0.15) is 0 Å². The molecule has 0 aromatic heterocycles. The highest BCUT2D eigenvalue weighted by molar-refractivity contribution is 8.76. The summed E-state index contributed by atoms with van der Waals surface area (Å²) in [6, 6.07) is 9.81. The van der Waals surface area contributed by atoms with E-state index in [4.69, 9.17) is 23.2 Å².